The molecule has 140 valence electrons. The molecule has 2 heterocycles. The van der Waals surface area contributed by atoms with E-state index in [9.17, 15) is 19.3 Å². The maximum absolute atomic E-state index is 13.0. The van der Waals surface area contributed by atoms with E-state index in [0.29, 0.717) is 12.2 Å². The Balaban J connectivity index is 1.67. The van der Waals surface area contributed by atoms with E-state index in [1.165, 1.54) is 33.8 Å². The number of nitrogens with zero attached hydrogens (tertiary/aromatic N) is 5. The van der Waals surface area contributed by atoms with Gasteiger partial charge in [0.15, 0.2) is 5.82 Å². The molecule has 1 aromatic carbocycles. The molecule has 0 saturated heterocycles. The molecular weight excluding hydrogens is 379 g/mol. The minimum atomic E-state index is -0.630. The fourth-order valence-electron chi connectivity index (χ4n) is 2.39. The number of nitrogens with one attached hydrogen (secondary N) is 1. The summed E-state index contributed by atoms with van der Waals surface area (Å²) in [5, 5.41) is 21.4. The fraction of sp³-hybridized carbons (Fsp3) is 0.188. The Bertz CT molecular complexity index is 998. The number of amides is 1. The molecule has 0 aliphatic rings. The van der Waals surface area contributed by atoms with Gasteiger partial charge < -0.3 is 15.4 Å². The number of anilines is 1. The highest BCUT2D eigenvalue weighted by Gasteiger charge is 2.18. The van der Waals surface area contributed by atoms with Gasteiger partial charge in [-0.1, -0.05) is 23.7 Å². The highest BCUT2D eigenvalue weighted by molar-refractivity contribution is 6.33. The van der Waals surface area contributed by atoms with Crippen LogP contribution in [0.4, 0.5) is 16.0 Å². The van der Waals surface area contributed by atoms with Gasteiger partial charge in [0.1, 0.15) is 17.4 Å². The molecule has 0 saturated carbocycles. The lowest BCUT2D eigenvalue weighted by Gasteiger charge is -2.03. The zero-order valence-electron chi connectivity index (χ0n) is 14.1. The van der Waals surface area contributed by atoms with E-state index in [2.05, 4.69) is 15.5 Å². The first-order valence-corrected chi connectivity index (χ1v) is 8.15. The van der Waals surface area contributed by atoms with Crippen LogP contribution in [-0.2, 0) is 17.9 Å². The van der Waals surface area contributed by atoms with Crippen molar-refractivity contribution >= 4 is 29.1 Å². The van der Waals surface area contributed by atoms with E-state index in [1.54, 1.807) is 19.1 Å². The number of hydrogen-bond acceptors (Lipinski definition) is 5. The van der Waals surface area contributed by atoms with Gasteiger partial charge in [-0.2, -0.15) is 9.78 Å². The highest BCUT2D eigenvalue weighted by Crippen LogP contribution is 2.20. The predicted octanol–water partition coefficient (Wildman–Crippen LogP) is 2.78. The number of aromatic nitrogens is 4. The highest BCUT2D eigenvalue weighted by atomic mass is 35.5. The van der Waals surface area contributed by atoms with Crippen LogP contribution in [0.1, 0.15) is 11.3 Å². The van der Waals surface area contributed by atoms with Crippen LogP contribution >= 0.6 is 11.6 Å². The van der Waals surface area contributed by atoms with Gasteiger partial charge in [-0.05, 0) is 29.5 Å². The van der Waals surface area contributed by atoms with Crippen LogP contribution in [0.3, 0.4) is 0 Å². The van der Waals surface area contributed by atoms with Crippen molar-refractivity contribution in [1.82, 2.24) is 19.6 Å². The standard InChI is InChI=1S/C16H14ClFN6O3/c1-10-6-14(24(26)27)20-23(10)9-15(25)19-16-13(17)8-22(21-16)7-11-2-4-12(18)5-3-11/h2-6,8H,7,9H2,1H3,(H,19,21,25). The van der Waals surface area contributed by atoms with Crippen LogP contribution in [0.2, 0.25) is 5.02 Å². The number of halogens is 2. The molecule has 27 heavy (non-hydrogen) atoms. The minimum absolute atomic E-state index is 0.156. The van der Waals surface area contributed by atoms with Crippen LogP contribution in [-0.4, -0.2) is 30.4 Å². The SMILES string of the molecule is Cc1cc([N+](=O)[O-])nn1CC(=O)Nc1nn(Cc2ccc(F)cc2)cc1Cl. The molecule has 0 aliphatic carbocycles. The summed E-state index contributed by atoms with van der Waals surface area (Å²) in [7, 11) is 0. The molecule has 0 fully saturated rings. The Morgan fingerprint density at radius 3 is 2.67 bits per heavy atom. The van der Waals surface area contributed by atoms with Crippen molar-refractivity contribution in [3.05, 3.63) is 68.7 Å². The third kappa shape index (κ3) is 4.47. The number of carbonyl (C=O) groups is 1. The molecule has 1 N–H and O–H groups in total. The fourth-order valence-corrected chi connectivity index (χ4v) is 2.59. The van der Waals surface area contributed by atoms with E-state index in [4.69, 9.17) is 11.6 Å². The van der Waals surface area contributed by atoms with Gasteiger partial charge in [0.2, 0.25) is 5.91 Å². The largest absolute Gasteiger partial charge is 0.390 e. The quantitative estimate of drug-likeness (QED) is 0.512. The molecular formula is C16H14ClFN6O3. The zero-order valence-corrected chi connectivity index (χ0v) is 14.9. The molecule has 0 bridgehead atoms. The lowest BCUT2D eigenvalue weighted by molar-refractivity contribution is -0.389. The lowest BCUT2D eigenvalue weighted by Crippen LogP contribution is -2.21. The summed E-state index contributed by atoms with van der Waals surface area (Å²) in [5.41, 5.74) is 1.29. The number of rotatable bonds is 6. The molecule has 0 radical (unpaired) electrons. The van der Waals surface area contributed by atoms with Crippen molar-refractivity contribution in [2.75, 3.05) is 5.32 Å². The number of hydrogen-bond donors (Lipinski definition) is 1. The number of aryl methyl sites for hydroxylation is 1. The zero-order chi connectivity index (χ0) is 19.6. The van der Waals surface area contributed by atoms with E-state index in [0.717, 1.165) is 5.56 Å². The van der Waals surface area contributed by atoms with Crippen LogP contribution in [0.5, 0.6) is 0 Å². The second kappa shape index (κ2) is 7.54. The summed E-state index contributed by atoms with van der Waals surface area (Å²) in [6.07, 6.45) is 1.53. The molecule has 2 aromatic heterocycles. The molecule has 3 aromatic rings. The number of carbonyl (C=O) groups excluding carboxylic acids is 1. The van der Waals surface area contributed by atoms with Gasteiger partial charge in [0, 0.05) is 6.20 Å². The molecule has 3 rings (SSSR count). The average molecular weight is 393 g/mol. The first-order valence-electron chi connectivity index (χ1n) is 7.78. The molecule has 0 aliphatic heterocycles. The van der Waals surface area contributed by atoms with Gasteiger partial charge in [0.25, 0.3) is 0 Å². The third-order valence-corrected chi connectivity index (χ3v) is 3.96. The normalized spacial score (nSPS) is 10.8. The van der Waals surface area contributed by atoms with E-state index in [-0.39, 0.29) is 29.0 Å². The van der Waals surface area contributed by atoms with Crippen molar-refractivity contribution < 1.29 is 14.1 Å². The van der Waals surface area contributed by atoms with Gasteiger partial charge in [-0.15, -0.1) is 0 Å². The monoisotopic (exact) mass is 392 g/mol. The molecule has 1 amide bonds. The van der Waals surface area contributed by atoms with Gasteiger partial charge in [-0.25, -0.2) is 4.39 Å². The second-order valence-corrected chi connectivity index (χ2v) is 6.16. The van der Waals surface area contributed by atoms with Gasteiger partial charge >= 0.3 is 5.82 Å². The summed E-state index contributed by atoms with van der Waals surface area (Å²) in [5.74, 6) is -0.991. The first kappa shape index (κ1) is 18.5. The maximum atomic E-state index is 13.0. The topological polar surface area (TPSA) is 108 Å². The molecule has 11 heteroatoms. The Hall–Kier alpha value is -3.27. The van der Waals surface area contributed by atoms with Crippen LogP contribution < -0.4 is 5.32 Å². The summed E-state index contributed by atoms with van der Waals surface area (Å²) in [6, 6.07) is 7.20. The first-order chi connectivity index (χ1) is 12.8. The Morgan fingerprint density at radius 1 is 1.33 bits per heavy atom. The van der Waals surface area contributed by atoms with Crippen molar-refractivity contribution in [3.8, 4) is 0 Å². The van der Waals surface area contributed by atoms with Gasteiger partial charge in [0.05, 0.1) is 23.4 Å². The van der Waals surface area contributed by atoms with Crippen LogP contribution in [0.25, 0.3) is 0 Å². The van der Waals surface area contributed by atoms with Crippen molar-refractivity contribution in [2.24, 2.45) is 0 Å². The number of nitro groups is 1. The smallest absolute Gasteiger partial charge is 0.358 e. The van der Waals surface area contributed by atoms with Crippen molar-refractivity contribution in [3.63, 3.8) is 0 Å². The molecule has 0 unspecified atom stereocenters. The average Bonchev–Trinajstić information content (AvgIpc) is 3.13. The molecule has 0 atom stereocenters. The third-order valence-electron chi connectivity index (χ3n) is 3.68. The molecule has 0 spiro atoms. The van der Waals surface area contributed by atoms with Crippen molar-refractivity contribution in [1.29, 1.82) is 0 Å². The predicted molar refractivity (Wildman–Crippen MR) is 95.0 cm³/mol. The lowest BCUT2D eigenvalue weighted by atomic mass is 10.2. The van der Waals surface area contributed by atoms with Gasteiger partial charge in [-0.3, -0.25) is 9.48 Å². The summed E-state index contributed by atoms with van der Waals surface area (Å²) >= 11 is 6.09. The maximum Gasteiger partial charge on any atom is 0.390 e. The Kier molecular flexibility index (Phi) is 5.17. The Labute approximate surface area is 157 Å². The van der Waals surface area contributed by atoms with E-state index in [1.807, 2.05) is 0 Å². The minimum Gasteiger partial charge on any atom is -0.358 e. The van der Waals surface area contributed by atoms with E-state index < -0.39 is 10.8 Å². The summed E-state index contributed by atoms with van der Waals surface area (Å²) in [6.45, 7) is 1.73. The van der Waals surface area contributed by atoms with E-state index >= 15 is 0 Å². The Morgan fingerprint density at radius 2 is 2.04 bits per heavy atom. The number of benzene rings is 1. The summed E-state index contributed by atoms with van der Waals surface area (Å²) in [4.78, 5) is 22.3. The van der Waals surface area contributed by atoms with Crippen molar-refractivity contribution in [2.45, 2.75) is 20.0 Å². The second-order valence-electron chi connectivity index (χ2n) is 5.76. The van der Waals surface area contributed by atoms with Crippen LogP contribution in [0.15, 0.2) is 36.5 Å². The van der Waals surface area contributed by atoms with Crippen LogP contribution in [0, 0.1) is 22.9 Å². The molecule has 9 nitrogen and oxygen atoms in total. The summed E-state index contributed by atoms with van der Waals surface area (Å²) < 4.78 is 15.7.